The minimum Gasteiger partial charge on any atom is -0.394 e. The highest BCUT2D eigenvalue weighted by molar-refractivity contribution is 6.42. The van der Waals surface area contributed by atoms with E-state index in [2.05, 4.69) is 4.98 Å². The van der Waals surface area contributed by atoms with E-state index in [-0.39, 0.29) is 6.61 Å². The molecule has 2 N–H and O–H groups in total. The molecule has 0 aromatic carbocycles. The number of hydrogen-bond acceptors (Lipinski definition) is 3. The molecule has 0 amide bonds. The van der Waals surface area contributed by atoms with Gasteiger partial charge in [0.05, 0.1) is 28.5 Å². The molecular weight excluding hydrogens is 311 g/mol. The Balaban J connectivity index is 2.37. The molecule has 7 heteroatoms. The highest BCUT2D eigenvalue weighted by Crippen LogP contribution is 2.27. The van der Waals surface area contributed by atoms with Gasteiger partial charge in [-0.05, 0) is 12.5 Å². The maximum Gasteiger partial charge on any atom is 0.155 e. The van der Waals surface area contributed by atoms with Crippen molar-refractivity contribution in [3.05, 3.63) is 39.2 Å². The van der Waals surface area contributed by atoms with Gasteiger partial charge in [-0.15, -0.1) is 0 Å². The van der Waals surface area contributed by atoms with Crippen LogP contribution in [0.5, 0.6) is 0 Å². The van der Waals surface area contributed by atoms with Crippen molar-refractivity contribution in [3.8, 4) is 0 Å². The van der Waals surface area contributed by atoms with Gasteiger partial charge in [-0.3, -0.25) is 4.40 Å². The van der Waals surface area contributed by atoms with E-state index < -0.39 is 6.10 Å². The van der Waals surface area contributed by atoms with Crippen molar-refractivity contribution in [1.82, 2.24) is 9.38 Å². The molecule has 2 aromatic rings. The van der Waals surface area contributed by atoms with Gasteiger partial charge in [0.25, 0.3) is 0 Å². The Labute approximate surface area is 124 Å². The number of aliphatic hydroxyl groups excluding tert-OH is 2. The molecule has 1 atom stereocenters. The first-order valence-corrected chi connectivity index (χ1v) is 6.64. The molecule has 0 radical (unpaired) electrons. The summed E-state index contributed by atoms with van der Waals surface area (Å²) >= 11 is 17.9. The van der Waals surface area contributed by atoms with Crippen LogP contribution in [0.2, 0.25) is 15.2 Å². The van der Waals surface area contributed by atoms with Gasteiger partial charge >= 0.3 is 0 Å². The van der Waals surface area contributed by atoms with E-state index in [4.69, 9.17) is 39.9 Å². The van der Waals surface area contributed by atoms with Crippen molar-refractivity contribution in [3.63, 3.8) is 0 Å². The number of imidazole rings is 1. The van der Waals surface area contributed by atoms with Crippen molar-refractivity contribution >= 4 is 46.5 Å². The minimum atomic E-state index is -0.785. The highest BCUT2D eigenvalue weighted by Gasteiger charge is 2.10. The monoisotopic (exact) mass is 320 g/mol. The molecule has 0 fully saturated rings. The van der Waals surface area contributed by atoms with Gasteiger partial charge in [0.2, 0.25) is 0 Å². The molecule has 2 aromatic heterocycles. The second-order valence-electron chi connectivity index (χ2n) is 3.96. The third-order valence-electron chi connectivity index (χ3n) is 2.55. The number of halogens is 3. The molecule has 0 aliphatic rings. The molecule has 0 aliphatic heterocycles. The first-order valence-electron chi connectivity index (χ1n) is 5.51. The highest BCUT2D eigenvalue weighted by atomic mass is 35.5. The molecule has 0 saturated heterocycles. The van der Waals surface area contributed by atoms with Gasteiger partial charge < -0.3 is 10.2 Å². The summed E-state index contributed by atoms with van der Waals surface area (Å²) in [4.78, 5) is 4.16. The van der Waals surface area contributed by atoms with Crippen molar-refractivity contribution in [2.24, 2.45) is 0 Å². The summed E-state index contributed by atoms with van der Waals surface area (Å²) in [5, 5.41) is 19.1. The molecule has 0 spiro atoms. The number of rotatable bonds is 4. The van der Waals surface area contributed by atoms with E-state index in [0.717, 1.165) is 0 Å². The van der Waals surface area contributed by atoms with Crippen molar-refractivity contribution in [2.75, 3.05) is 6.61 Å². The van der Waals surface area contributed by atoms with Gasteiger partial charge in [-0.25, -0.2) is 4.98 Å². The number of nitrogens with zero attached hydrogens (tertiary/aromatic N) is 2. The summed E-state index contributed by atoms with van der Waals surface area (Å²) in [6, 6.07) is 1.62. The quantitative estimate of drug-likeness (QED) is 0.910. The van der Waals surface area contributed by atoms with Crippen LogP contribution in [-0.4, -0.2) is 32.3 Å². The maximum absolute atomic E-state index is 9.25. The fourth-order valence-corrected chi connectivity index (χ4v) is 2.13. The zero-order chi connectivity index (χ0) is 14.0. The zero-order valence-electron chi connectivity index (χ0n) is 9.72. The van der Waals surface area contributed by atoms with Crippen LogP contribution < -0.4 is 0 Å². The molecule has 19 heavy (non-hydrogen) atoms. The summed E-state index contributed by atoms with van der Waals surface area (Å²) in [6.45, 7) is -0.285. The predicted molar refractivity (Wildman–Crippen MR) is 77.0 cm³/mol. The molecule has 0 saturated carbocycles. The summed E-state index contributed by atoms with van der Waals surface area (Å²) in [6.07, 6.45) is 4.58. The third-order valence-corrected chi connectivity index (χ3v) is 3.54. The van der Waals surface area contributed by atoms with E-state index in [1.807, 2.05) is 0 Å². The van der Waals surface area contributed by atoms with E-state index >= 15 is 0 Å². The average molecular weight is 322 g/mol. The lowest BCUT2D eigenvalue weighted by Crippen LogP contribution is -2.09. The molecule has 102 valence electrons. The van der Waals surface area contributed by atoms with Crippen LogP contribution in [-0.2, 0) is 0 Å². The SMILES string of the molecule is OC[C@@H](O)C/C=C/c1c(Cl)nc2cc(Cl)c(Cl)cn12. The number of hydrogen-bond donors (Lipinski definition) is 2. The van der Waals surface area contributed by atoms with Gasteiger partial charge in [-0.1, -0.05) is 40.9 Å². The lowest BCUT2D eigenvalue weighted by atomic mass is 10.2. The fourth-order valence-electron chi connectivity index (χ4n) is 1.59. The van der Waals surface area contributed by atoms with Gasteiger partial charge in [0.15, 0.2) is 5.15 Å². The molecule has 2 heterocycles. The molecular formula is C12H11Cl3N2O2. The lowest BCUT2D eigenvalue weighted by Gasteiger charge is -2.02. The van der Waals surface area contributed by atoms with E-state index in [9.17, 15) is 5.11 Å². The maximum atomic E-state index is 9.25. The van der Waals surface area contributed by atoms with Crippen molar-refractivity contribution < 1.29 is 10.2 Å². The Morgan fingerprint density at radius 2 is 2.05 bits per heavy atom. The first kappa shape index (κ1) is 14.6. The minimum absolute atomic E-state index is 0.285. The second-order valence-corrected chi connectivity index (χ2v) is 5.13. The van der Waals surface area contributed by atoms with Gasteiger partial charge in [0, 0.05) is 12.3 Å². The van der Waals surface area contributed by atoms with Gasteiger partial charge in [-0.2, -0.15) is 0 Å². The lowest BCUT2D eigenvalue weighted by molar-refractivity contribution is 0.0977. The van der Waals surface area contributed by atoms with Crippen LogP contribution in [0.4, 0.5) is 0 Å². The van der Waals surface area contributed by atoms with Gasteiger partial charge in [0.1, 0.15) is 5.65 Å². The normalized spacial score (nSPS) is 13.5. The smallest absolute Gasteiger partial charge is 0.155 e. The van der Waals surface area contributed by atoms with E-state index in [0.29, 0.717) is 33.0 Å². The van der Waals surface area contributed by atoms with Crippen LogP contribution in [0.3, 0.4) is 0 Å². The largest absolute Gasteiger partial charge is 0.394 e. The van der Waals surface area contributed by atoms with Crippen LogP contribution in [0.15, 0.2) is 18.3 Å². The summed E-state index contributed by atoms with van der Waals surface area (Å²) in [5.74, 6) is 0. The molecule has 0 bridgehead atoms. The van der Waals surface area contributed by atoms with E-state index in [1.165, 1.54) is 0 Å². The fraction of sp³-hybridized carbons (Fsp3) is 0.250. The Kier molecular flexibility index (Phi) is 4.71. The number of aliphatic hydroxyl groups is 2. The third kappa shape index (κ3) is 3.22. The summed E-state index contributed by atoms with van der Waals surface area (Å²) in [5.41, 5.74) is 1.22. The van der Waals surface area contributed by atoms with E-state index in [1.54, 1.807) is 28.8 Å². The average Bonchev–Trinajstić information content (AvgIpc) is 2.66. The van der Waals surface area contributed by atoms with Crippen LogP contribution in [0.1, 0.15) is 12.1 Å². The molecule has 0 aliphatic carbocycles. The number of aromatic nitrogens is 2. The van der Waals surface area contributed by atoms with Crippen molar-refractivity contribution in [2.45, 2.75) is 12.5 Å². The van der Waals surface area contributed by atoms with Crippen molar-refractivity contribution in [1.29, 1.82) is 0 Å². The van der Waals surface area contributed by atoms with Crippen LogP contribution in [0, 0.1) is 0 Å². The summed E-state index contributed by atoms with van der Waals surface area (Å²) in [7, 11) is 0. The molecule has 4 nitrogen and oxygen atoms in total. The predicted octanol–water partition coefficient (Wildman–Crippen LogP) is 3.05. The standard InChI is InChI=1S/C12H11Cl3N2O2/c13-8-4-11-16-12(15)10(17(11)5-9(8)14)3-1-2-7(19)6-18/h1,3-5,7,18-19H,2,6H2/b3-1+/t7-/m0/s1. The Morgan fingerprint density at radius 3 is 2.74 bits per heavy atom. The Hall–Kier alpha value is -0.780. The molecule has 2 rings (SSSR count). The summed E-state index contributed by atoms with van der Waals surface area (Å²) < 4.78 is 1.71. The first-order chi connectivity index (χ1) is 9.02. The Morgan fingerprint density at radius 1 is 1.32 bits per heavy atom. The zero-order valence-corrected chi connectivity index (χ0v) is 12.0. The number of fused-ring (bicyclic) bond motifs is 1. The topological polar surface area (TPSA) is 57.8 Å². The Bertz CT molecular complexity index is 625. The van der Waals surface area contributed by atoms with Crippen LogP contribution >= 0.6 is 34.8 Å². The molecule has 0 unspecified atom stereocenters. The van der Waals surface area contributed by atoms with Crippen LogP contribution in [0.25, 0.3) is 11.7 Å². The second kappa shape index (κ2) is 6.11. The number of pyridine rings is 1.